The van der Waals surface area contributed by atoms with E-state index >= 15 is 0 Å². The second kappa shape index (κ2) is 8.58. The molecule has 1 aliphatic rings. The Balaban J connectivity index is 1.68. The molecule has 2 aromatic carbocycles. The number of rotatable bonds is 6. The lowest BCUT2D eigenvalue weighted by atomic mass is 10.1. The first kappa shape index (κ1) is 21.4. The summed E-state index contributed by atoms with van der Waals surface area (Å²) in [5.41, 5.74) is 3.05. The highest BCUT2D eigenvalue weighted by molar-refractivity contribution is 7.92. The minimum absolute atomic E-state index is 0.183. The van der Waals surface area contributed by atoms with Crippen LogP contribution in [0.4, 0.5) is 21.9 Å². The number of benzene rings is 2. The van der Waals surface area contributed by atoms with Crippen molar-refractivity contribution < 1.29 is 18.0 Å². The van der Waals surface area contributed by atoms with Crippen molar-refractivity contribution in [2.45, 2.75) is 19.4 Å². The average molecular weight is 429 g/mol. The van der Waals surface area contributed by atoms with Crippen molar-refractivity contribution in [2.75, 3.05) is 27.7 Å². The van der Waals surface area contributed by atoms with E-state index in [0.29, 0.717) is 35.6 Å². The van der Waals surface area contributed by atoms with Crippen LogP contribution in [0.5, 0.6) is 0 Å². The fourth-order valence-corrected chi connectivity index (χ4v) is 4.69. The zero-order valence-corrected chi connectivity index (χ0v) is 17.6. The molecule has 0 aliphatic carbocycles. The topological polar surface area (TPSA) is 108 Å². The summed E-state index contributed by atoms with van der Waals surface area (Å²) in [6.07, 6.45) is 3.31. The van der Waals surface area contributed by atoms with Crippen molar-refractivity contribution in [2.24, 2.45) is 0 Å². The van der Waals surface area contributed by atoms with Crippen LogP contribution in [0.2, 0.25) is 0 Å². The Bertz CT molecular complexity index is 1080. The largest absolute Gasteiger partial charge is 0.334 e. The van der Waals surface area contributed by atoms with E-state index in [1.165, 1.54) is 10.6 Å². The summed E-state index contributed by atoms with van der Waals surface area (Å²) in [4.78, 5) is 24.3. The van der Waals surface area contributed by atoms with Gasteiger partial charge in [-0.05, 0) is 61.4 Å². The van der Waals surface area contributed by atoms with Crippen LogP contribution in [-0.2, 0) is 16.4 Å². The van der Waals surface area contributed by atoms with Gasteiger partial charge in [0.15, 0.2) is 0 Å². The van der Waals surface area contributed by atoms with E-state index in [-0.39, 0.29) is 18.0 Å². The molecule has 3 amide bonds. The number of amides is 3. The smallest absolute Gasteiger partial charge is 0.319 e. The number of fused-ring (bicyclic) bond motifs is 1. The summed E-state index contributed by atoms with van der Waals surface area (Å²) in [6, 6.07) is 11.2. The third-order valence-corrected chi connectivity index (χ3v) is 5.93. The standard InChI is InChI=1S/C21H24N4O4S/c1-4-11-22-21(27)24-18-8-6-17(7-9-18)23-20(26)15-5-10-19-16(13-15)12-14(2)25(19)30(3,28)29/h4-10,13-14H,1,11-12H2,2-3H3,(H,23,26)(H2,22,24,27). The van der Waals surface area contributed by atoms with Crippen molar-refractivity contribution in [1.29, 1.82) is 0 Å². The Labute approximate surface area is 176 Å². The molecular weight excluding hydrogens is 404 g/mol. The maximum atomic E-state index is 12.6. The zero-order valence-electron chi connectivity index (χ0n) is 16.8. The Kier molecular flexibility index (Phi) is 6.12. The van der Waals surface area contributed by atoms with Gasteiger partial charge in [-0.3, -0.25) is 9.10 Å². The Morgan fingerprint density at radius 3 is 2.37 bits per heavy atom. The molecule has 0 spiro atoms. The van der Waals surface area contributed by atoms with Crippen molar-refractivity contribution in [1.82, 2.24) is 5.32 Å². The third-order valence-electron chi connectivity index (χ3n) is 4.66. The van der Waals surface area contributed by atoms with E-state index < -0.39 is 10.0 Å². The fraction of sp³-hybridized carbons (Fsp3) is 0.238. The van der Waals surface area contributed by atoms with E-state index in [1.54, 1.807) is 48.5 Å². The highest BCUT2D eigenvalue weighted by Crippen LogP contribution is 2.34. The molecule has 1 atom stereocenters. The lowest BCUT2D eigenvalue weighted by Gasteiger charge is -2.21. The third kappa shape index (κ3) is 4.80. The molecule has 30 heavy (non-hydrogen) atoms. The highest BCUT2D eigenvalue weighted by atomic mass is 32.2. The molecule has 9 heteroatoms. The van der Waals surface area contributed by atoms with Gasteiger partial charge in [0.1, 0.15) is 0 Å². The number of anilines is 3. The van der Waals surface area contributed by atoms with Crippen LogP contribution < -0.4 is 20.3 Å². The van der Waals surface area contributed by atoms with Gasteiger partial charge in [0, 0.05) is 29.5 Å². The lowest BCUT2D eigenvalue weighted by Crippen LogP contribution is -2.34. The van der Waals surface area contributed by atoms with Gasteiger partial charge in [-0.1, -0.05) is 6.08 Å². The summed E-state index contributed by atoms with van der Waals surface area (Å²) in [5, 5.41) is 8.08. The Morgan fingerprint density at radius 1 is 1.13 bits per heavy atom. The van der Waals surface area contributed by atoms with Crippen LogP contribution in [-0.4, -0.2) is 39.2 Å². The van der Waals surface area contributed by atoms with Gasteiger partial charge in [-0.2, -0.15) is 0 Å². The first-order chi connectivity index (χ1) is 14.2. The molecule has 0 bridgehead atoms. The van der Waals surface area contributed by atoms with E-state index in [1.807, 2.05) is 6.92 Å². The molecule has 8 nitrogen and oxygen atoms in total. The molecule has 158 valence electrons. The highest BCUT2D eigenvalue weighted by Gasteiger charge is 2.32. The molecule has 0 fully saturated rings. The van der Waals surface area contributed by atoms with Gasteiger partial charge >= 0.3 is 6.03 Å². The minimum atomic E-state index is -3.37. The van der Waals surface area contributed by atoms with Gasteiger partial charge in [-0.25, -0.2) is 13.2 Å². The molecule has 1 unspecified atom stereocenters. The molecule has 0 saturated carbocycles. The molecule has 0 aromatic heterocycles. The number of urea groups is 1. The Hall–Kier alpha value is -3.33. The van der Waals surface area contributed by atoms with Crippen molar-refractivity contribution in [3.05, 3.63) is 66.2 Å². The predicted octanol–water partition coefficient (Wildman–Crippen LogP) is 2.96. The number of nitrogens with one attached hydrogen (secondary N) is 3. The van der Waals surface area contributed by atoms with E-state index in [2.05, 4.69) is 22.5 Å². The molecule has 1 heterocycles. The number of carbonyl (C=O) groups is 2. The molecule has 3 rings (SSSR count). The minimum Gasteiger partial charge on any atom is -0.334 e. The van der Waals surface area contributed by atoms with Gasteiger partial charge in [0.25, 0.3) is 5.91 Å². The number of carbonyl (C=O) groups excluding carboxylic acids is 2. The number of sulfonamides is 1. The summed E-state index contributed by atoms with van der Waals surface area (Å²) in [7, 11) is -3.37. The maximum absolute atomic E-state index is 12.6. The summed E-state index contributed by atoms with van der Waals surface area (Å²) < 4.78 is 25.4. The maximum Gasteiger partial charge on any atom is 0.319 e. The lowest BCUT2D eigenvalue weighted by molar-refractivity contribution is 0.102. The summed E-state index contributed by atoms with van der Waals surface area (Å²) in [5.74, 6) is -0.298. The molecule has 2 aromatic rings. The molecular formula is C21H24N4O4S. The van der Waals surface area contributed by atoms with Gasteiger partial charge in [0.05, 0.1) is 11.9 Å². The molecule has 3 N–H and O–H groups in total. The first-order valence-electron chi connectivity index (χ1n) is 9.38. The van der Waals surface area contributed by atoms with Gasteiger partial charge in [-0.15, -0.1) is 6.58 Å². The van der Waals surface area contributed by atoms with E-state index in [9.17, 15) is 18.0 Å². The number of nitrogens with zero attached hydrogens (tertiary/aromatic N) is 1. The van der Waals surface area contributed by atoms with Crippen LogP contribution >= 0.6 is 0 Å². The van der Waals surface area contributed by atoms with Crippen molar-refractivity contribution in [3.63, 3.8) is 0 Å². The van der Waals surface area contributed by atoms with Crippen LogP contribution in [0.25, 0.3) is 0 Å². The monoisotopic (exact) mass is 428 g/mol. The van der Waals surface area contributed by atoms with Crippen LogP contribution in [0.15, 0.2) is 55.1 Å². The predicted molar refractivity (Wildman–Crippen MR) is 119 cm³/mol. The normalized spacial score (nSPS) is 15.3. The summed E-state index contributed by atoms with van der Waals surface area (Å²) >= 11 is 0. The second-order valence-electron chi connectivity index (χ2n) is 7.11. The van der Waals surface area contributed by atoms with Crippen LogP contribution in [0, 0.1) is 0 Å². The molecule has 0 radical (unpaired) electrons. The van der Waals surface area contributed by atoms with Gasteiger partial charge in [0.2, 0.25) is 10.0 Å². The average Bonchev–Trinajstić information content (AvgIpc) is 3.03. The van der Waals surface area contributed by atoms with Crippen molar-refractivity contribution >= 4 is 39.0 Å². The quantitative estimate of drug-likeness (QED) is 0.615. The number of hydrogen-bond donors (Lipinski definition) is 3. The Morgan fingerprint density at radius 2 is 1.77 bits per heavy atom. The van der Waals surface area contributed by atoms with Gasteiger partial charge < -0.3 is 16.0 Å². The van der Waals surface area contributed by atoms with E-state index in [4.69, 9.17) is 0 Å². The number of hydrogen-bond acceptors (Lipinski definition) is 4. The van der Waals surface area contributed by atoms with Crippen LogP contribution in [0.1, 0.15) is 22.8 Å². The first-order valence-corrected chi connectivity index (χ1v) is 11.2. The van der Waals surface area contributed by atoms with Crippen LogP contribution in [0.3, 0.4) is 0 Å². The summed E-state index contributed by atoms with van der Waals surface area (Å²) in [6.45, 7) is 5.73. The fourth-order valence-electron chi connectivity index (χ4n) is 3.43. The second-order valence-corrected chi connectivity index (χ2v) is 8.97. The van der Waals surface area contributed by atoms with Crippen molar-refractivity contribution in [3.8, 4) is 0 Å². The molecule has 1 aliphatic heterocycles. The molecule has 0 saturated heterocycles. The SMILES string of the molecule is C=CCNC(=O)Nc1ccc(NC(=O)c2ccc3c(c2)CC(C)N3S(C)(=O)=O)cc1. The van der Waals surface area contributed by atoms with E-state index in [0.717, 1.165) is 5.56 Å². The zero-order chi connectivity index (χ0) is 21.9.